The van der Waals surface area contributed by atoms with Crippen LogP contribution in [0, 0.1) is 25.5 Å². The smallest absolute Gasteiger partial charge is 0.282 e. The van der Waals surface area contributed by atoms with E-state index in [-0.39, 0.29) is 22.0 Å². The summed E-state index contributed by atoms with van der Waals surface area (Å²) in [5, 5.41) is 2.88. The SMILES string of the molecule is Cc1cccc(NC2=C(c3ccc(F)cc3)C(=O)N(c3ccc(F)c(Cl)c3)C2=O)c1C. The van der Waals surface area contributed by atoms with Crippen molar-refractivity contribution >= 4 is 40.4 Å². The number of nitrogens with zero attached hydrogens (tertiary/aromatic N) is 1. The van der Waals surface area contributed by atoms with Gasteiger partial charge in [-0.25, -0.2) is 13.7 Å². The van der Waals surface area contributed by atoms with Crippen molar-refractivity contribution in [3.8, 4) is 0 Å². The number of carbonyl (C=O) groups is 2. The lowest BCUT2D eigenvalue weighted by molar-refractivity contribution is -0.120. The number of imide groups is 1. The van der Waals surface area contributed by atoms with Crippen LogP contribution in [0.25, 0.3) is 5.57 Å². The van der Waals surface area contributed by atoms with Crippen LogP contribution in [-0.4, -0.2) is 11.8 Å². The predicted molar refractivity (Wildman–Crippen MR) is 117 cm³/mol. The van der Waals surface area contributed by atoms with Crippen LogP contribution in [0.2, 0.25) is 5.02 Å². The maximum absolute atomic E-state index is 13.6. The molecule has 0 unspecified atom stereocenters. The zero-order valence-electron chi connectivity index (χ0n) is 16.7. The fourth-order valence-corrected chi connectivity index (χ4v) is 3.58. The van der Waals surface area contributed by atoms with Gasteiger partial charge in [0.2, 0.25) is 0 Å². The second-order valence-corrected chi connectivity index (χ2v) is 7.58. The Morgan fingerprint density at radius 1 is 0.903 bits per heavy atom. The summed E-state index contributed by atoms with van der Waals surface area (Å²) in [5.41, 5.74) is 3.23. The quantitative estimate of drug-likeness (QED) is 0.537. The van der Waals surface area contributed by atoms with Crippen LogP contribution in [0.3, 0.4) is 0 Å². The molecule has 0 saturated heterocycles. The Morgan fingerprint density at radius 3 is 2.29 bits per heavy atom. The van der Waals surface area contributed by atoms with Crippen molar-refractivity contribution in [3.05, 3.63) is 99.7 Å². The van der Waals surface area contributed by atoms with E-state index >= 15 is 0 Å². The lowest BCUT2D eigenvalue weighted by atomic mass is 10.0. The number of aryl methyl sites for hydroxylation is 1. The molecular formula is C24H17ClF2N2O2. The molecule has 0 radical (unpaired) electrons. The average molecular weight is 439 g/mol. The third kappa shape index (κ3) is 3.70. The Hall–Kier alpha value is -3.51. The van der Waals surface area contributed by atoms with Gasteiger partial charge in [-0.15, -0.1) is 0 Å². The summed E-state index contributed by atoms with van der Waals surface area (Å²) in [7, 11) is 0. The molecule has 7 heteroatoms. The van der Waals surface area contributed by atoms with Gasteiger partial charge in [-0.1, -0.05) is 35.9 Å². The first-order valence-corrected chi connectivity index (χ1v) is 9.83. The molecule has 1 N–H and O–H groups in total. The maximum atomic E-state index is 13.6. The Bertz CT molecular complexity index is 1250. The van der Waals surface area contributed by atoms with E-state index in [9.17, 15) is 18.4 Å². The molecule has 3 aromatic rings. The number of hydrogen-bond acceptors (Lipinski definition) is 3. The zero-order chi connectivity index (χ0) is 22.3. The second kappa shape index (κ2) is 7.96. The Balaban J connectivity index is 1.85. The highest BCUT2D eigenvalue weighted by Gasteiger charge is 2.40. The van der Waals surface area contributed by atoms with Gasteiger partial charge in [0.05, 0.1) is 16.3 Å². The highest BCUT2D eigenvalue weighted by Crippen LogP contribution is 2.35. The monoisotopic (exact) mass is 438 g/mol. The number of nitrogens with one attached hydrogen (secondary N) is 1. The van der Waals surface area contributed by atoms with Crippen LogP contribution in [-0.2, 0) is 9.59 Å². The largest absolute Gasteiger partial charge is 0.350 e. The molecule has 156 valence electrons. The molecule has 4 nitrogen and oxygen atoms in total. The molecule has 1 heterocycles. The van der Waals surface area contributed by atoms with E-state index in [2.05, 4.69) is 5.32 Å². The predicted octanol–water partition coefficient (Wildman–Crippen LogP) is 5.63. The lowest BCUT2D eigenvalue weighted by Gasteiger charge is -2.16. The molecule has 3 aromatic carbocycles. The maximum Gasteiger partial charge on any atom is 0.282 e. The van der Waals surface area contributed by atoms with E-state index in [0.717, 1.165) is 22.1 Å². The molecule has 0 saturated carbocycles. The molecule has 0 aromatic heterocycles. The molecule has 4 rings (SSSR count). The summed E-state index contributed by atoms with van der Waals surface area (Å²) >= 11 is 5.87. The van der Waals surface area contributed by atoms with E-state index in [1.807, 2.05) is 26.0 Å². The number of hydrogen-bond donors (Lipinski definition) is 1. The Kier molecular flexibility index (Phi) is 5.33. The van der Waals surface area contributed by atoms with Gasteiger partial charge in [-0.05, 0) is 66.9 Å². The minimum absolute atomic E-state index is 0.0470. The molecular weight excluding hydrogens is 422 g/mol. The minimum Gasteiger partial charge on any atom is -0.350 e. The zero-order valence-corrected chi connectivity index (χ0v) is 17.4. The number of halogens is 3. The van der Waals surface area contributed by atoms with Crippen LogP contribution < -0.4 is 10.2 Å². The molecule has 0 aliphatic carbocycles. The molecule has 2 amide bonds. The summed E-state index contributed by atoms with van der Waals surface area (Å²) in [4.78, 5) is 27.6. The van der Waals surface area contributed by atoms with E-state index in [1.165, 1.54) is 36.4 Å². The van der Waals surface area contributed by atoms with Crippen LogP contribution in [0.15, 0.2) is 66.4 Å². The highest BCUT2D eigenvalue weighted by atomic mass is 35.5. The minimum atomic E-state index is -0.662. The summed E-state index contributed by atoms with van der Waals surface area (Å²) in [6.07, 6.45) is 0. The number of amides is 2. The van der Waals surface area contributed by atoms with Crippen LogP contribution in [0.5, 0.6) is 0 Å². The fraction of sp³-hybridized carbons (Fsp3) is 0.0833. The summed E-state index contributed by atoms with van der Waals surface area (Å²) < 4.78 is 27.1. The van der Waals surface area contributed by atoms with E-state index in [1.54, 1.807) is 6.07 Å². The van der Waals surface area contributed by atoms with Crippen LogP contribution >= 0.6 is 11.6 Å². The molecule has 1 aliphatic heterocycles. The number of carbonyl (C=O) groups excluding carboxylic acids is 2. The second-order valence-electron chi connectivity index (χ2n) is 7.17. The van der Waals surface area contributed by atoms with E-state index in [0.29, 0.717) is 11.3 Å². The van der Waals surface area contributed by atoms with E-state index < -0.39 is 23.4 Å². The fourth-order valence-electron chi connectivity index (χ4n) is 3.41. The average Bonchev–Trinajstić information content (AvgIpc) is 2.98. The van der Waals surface area contributed by atoms with Crippen molar-refractivity contribution in [2.24, 2.45) is 0 Å². The van der Waals surface area contributed by atoms with Crippen molar-refractivity contribution in [3.63, 3.8) is 0 Å². The number of benzene rings is 3. The summed E-state index contributed by atoms with van der Waals surface area (Å²) in [6.45, 7) is 3.83. The van der Waals surface area contributed by atoms with Gasteiger partial charge in [-0.2, -0.15) is 0 Å². The normalized spacial score (nSPS) is 13.9. The van der Waals surface area contributed by atoms with Crippen molar-refractivity contribution < 1.29 is 18.4 Å². The molecule has 31 heavy (non-hydrogen) atoms. The third-order valence-electron chi connectivity index (χ3n) is 5.24. The van der Waals surface area contributed by atoms with Gasteiger partial charge >= 0.3 is 0 Å². The lowest BCUT2D eigenvalue weighted by Crippen LogP contribution is -2.32. The first kappa shape index (κ1) is 20.8. The van der Waals surface area contributed by atoms with Crippen LogP contribution in [0.4, 0.5) is 20.2 Å². The molecule has 0 bridgehead atoms. The van der Waals surface area contributed by atoms with Crippen molar-refractivity contribution in [1.29, 1.82) is 0 Å². The molecule has 0 spiro atoms. The van der Waals surface area contributed by atoms with Gasteiger partial charge in [-0.3, -0.25) is 9.59 Å². The third-order valence-corrected chi connectivity index (χ3v) is 5.53. The Morgan fingerprint density at radius 2 is 1.61 bits per heavy atom. The molecule has 0 fully saturated rings. The Labute approximate surface area is 182 Å². The van der Waals surface area contributed by atoms with Gasteiger partial charge in [0.25, 0.3) is 11.8 Å². The van der Waals surface area contributed by atoms with E-state index in [4.69, 9.17) is 11.6 Å². The van der Waals surface area contributed by atoms with Crippen molar-refractivity contribution in [2.75, 3.05) is 10.2 Å². The van der Waals surface area contributed by atoms with Gasteiger partial charge in [0.1, 0.15) is 17.3 Å². The van der Waals surface area contributed by atoms with Crippen molar-refractivity contribution in [2.45, 2.75) is 13.8 Å². The van der Waals surface area contributed by atoms with Crippen molar-refractivity contribution in [1.82, 2.24) is 0 Å². The highest BCUT2D eigenvalue weighted by molar-refractivity contribution is 6.46. The summed E-state index contributed by atoms with van der Waals surface area (Å²) in [5.74, 6) is -2.36. The van der Waals surface area contributed by atoms with Gasteiger partial charge in [0, 0.05) is 5.69 Å². The van der Waals surface area contributed by atoms with Gasteiger partial charge < -0.3 is 5.32 Å². The first-order valence-electron chi connectivity index (χ1n) is 9.45. The summed E-state index contributed by atoms with van der Waals surface area (Å²) in [6, 6.07) is 14.5. The first-order chi connectivity index (χ1) is 14.8. The topological polar surface area (TPSA) is 49.4 Å². The van der Waals surface area contributed by atoms with Gasteiger partial charge in [0.15, 0.2) is 0 Å². The van der Waals surface area contributed by atoms with Crippen LogP contribution in [0.1, 0.15) is 16.7 Å². The molecule has 0 atom stereocenters. The molecule has 1 aliphatic rings. The number of rotatable bonds is 4. The standard InChI is InChI=1S/C24H17ClF2N2O2/c1-13-4-3-5-20(14(13)2)28-22-21(15-6-8-16(26)9-7-15)23(30)29(24(22)31)17-10-11-19(27)18(25)12-17/h3-12,28H,1-2H3. The number of anilines is 2.